The van der Waals surface area contributed by atoms with Crippen LogP contribution in [0.4, 0.5) is 0 Å². The Hall–Kier alpha value is -1.88. The summed E-state index contributed by atoms with van der Waals surface area (Å²) in [5.41, 5.74) is 3.09. The first-order valence-electron chi connectivity index (χ1n) is 9.11. The van der Waals surface area contributed by atoms with Crippen LogP contribution >= 0.6 is 0 Å². The minimum absolute atomic E-state index is 0. The van der Waals surface area contributed by atoms with E-state index >= 15 is 0 Å². The van der Waals surface area contributed by atoms with Gasteiger partial charge in [-0.2, -0.15) is 55.0 Å². The van der Waals surface area contributed by atoms with Gasteiger partial charge in [0.25, 0.3) is 0 Å². The summed E-state index contributed by atoms with van der Waals surface area (Å²) < 4.78 is 0. The van der Waals surface area contributed by atoms with E-state index in [1.165, 1.54) is 0 Å². The molecule has 3 aromatic rings. The summed E-state index contributed by atoms with van der Waals surface area (Å²) in [5.74, 6) is 0. The SMILES string of the molecule is CC.CC.CC.[CH2-]c1ccccc1-c1ccccn1.[CH3-].[Pd].[c-]1ccccc1. The minimum Gasteiger partial charge on any atom is -0.358 e. The Morgan fingerprint density at radius 1 is 0.704 bits per heavy atom. The number of aromatic nitrogens is 1. The van der Waals surface area contributed by atoms with Crippen molar-refractivity contribution in [3.63, 3.8) is 0 Å². The summed E-state index contributed by atoms with van der Waals surface area (Å²) in [4.78, 5) is 4.27. The van der Waals surface area contributed by atoms with Crippen LogP contribution in [0.25, 0.3) is 11.3 Å². The molecule has 1 heterocycles. The summed E-state index contributed by atoms with van der Waals surface area (Å²) >= 11 is 0. The first kappa shape index (κ1) is 32.8. The molecule has 0 saturated heterocycles. The largest absolute Gasteiger partial charge is 0.358 e. The molecule has 3 rings (SSSR count). The maximum absolute atomic E-state index is 4.27. The van der Waals surface area contributed by atoms with Gasteiger partial charge in [-0.1, -0.05) is 53.7 Å². The fourth-order valence-electron chi connectivity index (χ4n) is 1.63. The van der Waals surface area contributed by atoms with Crippen LogP contribution in [0.3, 0.4) is 0 Å². The van der Waals surface area contributed by atoms with Gasteiger partial charge in [0.05, 0.1) is 0 Å². The molecule has 0 fully saturated rings. The summed E-state index contributed by atoms with van der Waals surface area (Å²) in [6, 6.07) is 26.4. The molecule has 1 nitrogen and oxygen atoms in total. The Bertz CT molecular complexity index is 568. The molecule has 0 spiro atoms. The number of hydrogen-bond donors (Lipinski definition) is 0. The summed E-state index contributed by atoms with van der Waals surface area (Å²) in [7, 11) is 0. The van der Waals surface area contributed by atoms with Crippen LogP contribution in [0.15, 0.2) is 79.0 Å². The van der Waals surface area contributed by atoms with Crippen molar-refractivity contribution >= 4 is 0 Å². The fourth-order valence-corrected chi connectivity index (χ4v) is 1.63. The quantitative estimate of drug-likeness (QED) is 0.267. The Morgan fingerprint density at radius 3 is 1.59 bits per heavy atom. The first-order valence-corrected chi connectivity index (χ1v) is 9.11. The zero-order chi connectivity index (χ0) is 19.3. The molecule has 0 N–H and O–H groups in total. The summed E-state index contributed by atoms with van der Waals surface area (Å²) in [6.07, 6.45) is 1.79. The standard InChI is InChI=1S/C12H10N.C6H5.3C2H6.CH3.Pd/c1-10-6-2-3-7-11(10)12-8-4-5-9-13-12;1-2-4-6-5-3-1;3*1-2;;/h2-9H,1H2;1-5H;3*1-2H3;1H3;/q2*-1;;;;-1;. The van der Waals surface area contributed by atoms with Gasteiger partial charge in [-0.25, -0.2) is 0 Å². The molecule has 0 aliphatic rings. The van der Waals surface area contributed by atoms with Crippen LogP contribution < -0.4 is 0 Å². The first-order chi connectivity index (χ1) is 12.4. The van der Waals surface area contributed by atoms with E-state index in [0.29, 0.717) is 0 Å². The predicted molar refractivity (Wildman–Crippen MR) is 120 cm³/mol. The second-order valence-electron chi connectivity index (χ2n) is 3.95. The molecule has 0 saturated carbocycles. The van der Waals surface area contributed by atoms with Crippen molar-refractivity contribution in [2.75, 3.05) is 0 Å². The van der Waals surface area contributed by atoms with Gasteiger partial charge in [-0.3, -0.25) is 4.98 Å². The van der Waals surface area contributed by atoms with Crippen LogP contribution in [0.2, 0.25) is 0 Å². The number of rotatable bonds is 1. The van der Waals surface area contributed by atoms with Crippen LogP contribution in [0.1, 0.15) is 47.1 Å². The van der Waals surface area contributed by atoms with Crippen molar-refractivity contribution in [2.24, 2.45) is 0 Å². The third kappa shape index (κ3) is 16.0. The molecule has 0 amide bonds. The van der Waals surface area contributed by atoms with E-state index in [0.717, 1.165) is 16.8 Å². The minimum atomic E-state index is 0. The van der Waals surface area contributed by atoms with Crippen molar-refractivity contribution in [3.05, 3.63) is 105 Å². The van der Waals surface area contributed by atoms with E-state index in [1.807, 2.05) is 114 Å². The van der Waals surface area contributed by atoms with Crippen LogP contribution in [0, 0.1) is 20.4 Å². The molecule has 0 aliphatic carbocycles. The van der Waals surface area contributed by atoms with E-state index < -0.39 is 0 Å². The number of pyridine rings is 1. The van der Waals surface area contributed by atoms with Crippen LogP contribution in [0.5, 0.6) is 0 Å². The molecule has 1 aromatic heterocycles. The molecule has 0 bridgehead atoms. The molecule has 0 atom stereocenters. The Kier molecular flexibility index (Phi) is 32.0. The van der Waals surface area contributed by atoms with Gasteiger partial charge in [0.1, 0.15) is 0 Å². The molecule has 27 heavy (non-hydrogen) atoms. The second kappa shape index (κ2) is 26.4. The Morgan fingerprint density at radius 2 is 1.22 bits per heavy atom. The van der Waals surface area contributed by atoms with Gasteiger partial charge in [0.2, 0.25) is 0 Å². The predicted octanol–water partition coefficient (Wildman–Crippen LogP) is 7.94. The van der Waals surface area contributed by atoms with Gasteiger partial charge < -0.3 is 7.43 Å². The van der Waals surface area contributed by atoms with Crippen LogP contribution in [-0.4, -0.2) is 4.98 Å². The number of hydrogen-bond acceptors (Lipinski definition) is 1. The number of nitrogens with zero attached hydrogens (tertiary/aromatic N) is 1. The average Bonchev–Trinajstić information content (AvgIpc) is 2.75. The van der Waals surface area contributed by atoms with Crippen molar-refractivity contribution in [1.29, 1.82) is 0 Å². The van der Waals surface area contributed by atoms with Crippen LogP contribution in [-0.2, 0) is 20.4 Å². The maximum Gasteiger partial charge on any atom is 0.0262 e. The second-order valence-corrected chi connectivity index (χ2v) is 3.95. The third-order valence-electron chi connectivity index (χ3n) is 2.57. The molecule has 2 heteroatoms. The molecular weight excluding hydrogens is 421 g/mol. The van der Waals surface area contributed by atoms with Crippen molar-refractivity contribution < 1.29 is 20.4 Å². The smallest absolute Gasteiger partial charge is 0.0262 e. The van der Waals surface area contributed by atoms with Gasteiger partial charge in [-0.15, -0.1) is 17.7 Å². The molecule has 0 aliphatic heterocycles. The molecule has 0 radical (unpaired) electrons. The zero-order valence-electron chi connectivity index (χ0n) is 18.0. The maximum atomic E-state index is 4.27. The molecule has 0 unspecified atom stereocenters. The summed E-state index contributed by atoms with van der Waals surface area (Å²) in [5, 5.41) is 0. The average molecular weight is 457 g/mol. The zero-order valence-corrected chi connectivity index (χ0v) is 19.5. The normalized spacial score (nSPS) is 7.19. The van der Waals surface area contributed by atoms with Gasteiger partial charge in [-0.05, 0) is 12.1 Å². The monoisotopic (exact) mass is 456 g/mol. The number of benzene rings is 2. The van der Waals surface area contributed by atoms with E-state index in [-0.39, 0.29) is 27.8 Å². The molecule has 2 aromatic carbocycles. The van der Waals surface area contributed by atoms with E-state index in [1.54, 1.807) is 6.20 Å². The molecular formula is C25H36NPd-3. The topological polar surface area (TPSA) is 12.9 Å². The third-order valence-corrected chi connectivity index (χ3v) is 2.57. The van der Waals surface area contributed by atoms with E-state index in [9.17, 15) is 0 Å². The van der Waals surface area contributed by atoms with E-state index in [2.05, 4.69) is 18.0 Å². The van der Waals surface area contributed by atoms with E-state index in [4.69, 9.17) is 0 Å². The van der Waals surface area contributed by atoms with Gasteiger partial charge in [0, 0.05) is 32.3 Å². The van der Waals surface area contributed by atoms with Gasteiger partial charge >= 0.3 is 0 Å². The van der Waals surface area contributed by atoms with Gasteiger partial charge in [0.15, 0.2) is 0 Å². The summed E-state index contributed by atoms with van der Waals surface area (Å²) in [6.45, 7) is 16.0. The van der Waals surface area contributed by atoms with Crippen molar-refractivity contribution in [1.82, 2.24) is 4.98 Å². The van der Waals surface area contributed by atoms with Crippen molar-refractivity contribution in [2.45, 2.75) is 41.5 Å². The van der Waals surface area contributed by atoms with Crippen molar-refractivity contribution in [3.8, 4) is 11.3 Å². The fraction of sp³-hybridized carbons (Fsp3) is 0.240. The Labute approximate surface area is 182 Å². The Balaban J connectivity index is -0.000000162. The molecule has 154 valence electrons.